The van der Waals surface area contributed by atoms with Gasteiger partial charge in [-0.2, -0.15) is 0 Å². The fourth-order valence-electron chi connectivity index (χ4n) is 3.79. The van der Waals surface area contributed by atoms with E-state index in [2.05, 4.69) is 5.32 Å². The van der Waals surface area contributed by atoms with Crippen LogP contribution in [0.2, 0.25) is 5.02 Å². The number of halogens is 1. The van der Waals surface area contributed by atoms with Gasteiger partial charge in [-0.25, -0.2) is 12.7 Å². The number of nitrogens with one attached hydrogen (secondary N) is 1. The van der Waals surface area contributed by atoms with Crippen molar-refractivity contribution in [1.82, 2.24) is 14.5 Å². The van der Waals surface area contributed by atoms with E-state index in [-0.39, 0.29) is 54.1 Å². The Balaban J connectivity index is 1.69. The lowest BCUT2D eigenvalue weighted by molar-refractivity contribution is -0.140. The van der Waals surface area contributed by atoms with Crippen molar-refractivity contribution in [2.24, 2.45) is 5.92 Å². The molecule has 3 rings (SSSR count). The maximum absolute atomic E-state index is 13.2. The highest BCUT2D eigenvalue weighted by molar-refractivity contribution is 7.90. The molecule has 188 valence electrons. The van der Waals surface area contributed by atoms with Crippen LogP contribution in [0.4, 0.5) is 0 Å². The third-order valence-electron chi connectivity index (χ3n) is 5.78. The summed E-state index contributed by atoms with van der Waals surface area (Å²) in [5.74, 6) is -0.911. The number of amides is 3. The number of hydrogen-bond donors (Lipinski definition) is 1. The molecular formula is C25H30ClN3O5S. The van der Waals surface area contributed by atoms with Crippen molar-refractivity contribution in [3.8, 4) is 0 Å². The summed E-state index contributed by atoms with van der Waals surface area (Å²) < 4.78 is 26.3. The Bertz CT molecular complexity index is 1200. The van der Waals surface area contributed by atoms with Crippen molar-refractivity contribution >= 4 is 39.3 Å². The zero-order valence-electron chi connectivity index (χ0n) is 20.0. The van der Waals surface area contributed by atoms with Crippen molar-refractivity contribution in [3.05, 3.63) is 64.7 Å². The van der Waals surface area contributed by atoms with Crippen LogP contribution in [0, 0.1) is 5.92 Å². The second-order valence-corrected chi connectivity index (χ2v) is 11.2. The summed E-state index contributed by atoms with van der Waals surface area (Å²) in [6.45, 7) is 6.18. The predicted molar refractivity (Wildman–Crippen MR) is 133 cm³/mol. The van der Waals surface area contributed by atoms with E-state index in [1.165, 1.54) is 17.0 Å². The quantitative estimate of drug-likeness (QED) is 0.517. The zero-order valence-corrected chi connectivity index (χ0v) is 21.6. The molecule has 2 aromatic carbocycles. The fraction of sp³-hybridized carbons (Fsp3) is 0.400. The average Bonchev–Trinajstić information content (AvgIpc) is 3.02. The van der Waals surface area contributed by atoms with Crippen LogP contribution >= 0.6 is 11.6 Å². The van der Waals surface area contributed by atoms with Gasteiger partial charge in [0.15, 0.2) is 0 Å². The minimum atomic E-state index is -3.93. The fourth-order valence-corrected chi connectivity index (χ4v) is 5.52. The van der Waals surface area contributed by atoms with Crippen LogP contribution in [0.5, 0.6) is 0 Å². The number of benzene rings is 2. The molecule has 0 saturated carbocycles. The summed E-state index contributed by atoms with van der Waals surface area (Å²) in [6, 6.07) is 12.3. The zero-order chi connectivity index (χ0) is 25.8. The van der Waals surface area contributed by atoms with Gasteiger partial charge in [-0.3, -0.25) is 14.4 Å². The third kappa shape index (κ3) is 6.21. The van der Waals surface area contributed by atoms with Gasteiger partial charge in [0.05, 0.1) is 5.56 Å². The van der Waals surface area contributed by atoms with Crippen LogP contribution in [0.3, 0.4) is 0 Å². The second kappa shape index (κ2) is 11.2. The monoisotopic (exact) mass is 519 g/mol. The summed E-state index contributed by atoms with van der Waals surface area (Å²) in [6.07, 6.45) is 0.111. The largest absolute Gasteiger partial charge is 0.354 e. The molecule has 0 spiro atoms. The first kappa shape index (κ1) is 26.7. The van der Waals surface area contributed by atoms with Crippen molar-refractivity contribution < 1.29 is 22.8 Å². The smallest absolute Gasteiger partial charge is 0.269 e. The number of carbonyl (C=O) groups excluding carboxylic acids is 3. The van der Waals surface area contributed by atoms with Gasteiger partial charge in [-0.1, -0.05) is 49.7 Å². The van der Waals surface area contributed by atoms with E-state index < -0.39 is 22.0 Å². The molecule has 2 aromatic rings. The first-order chi connectivity index (χ1) is 16.5. The van der Waals surface area contributed by atoms with Gasteiger partial charge in [0.1, 0.15) is 10.9 Å². The van der Waals surface area contributed by atoms with Gasteiger partial charge in [0.25, 0.3) is 15.9 Å². The number of fused-ring (bicyclic) bond motifs is 1. The first-order valence-corrected chi connectivity index (χ1v) is 13.3. The van der Waals surface area contributed by atoms with E-state index >= 15 is 0 Å². The lowest BCUT2D eigenvalue weighted by Gasteiger charge is -2.29. The van der Waals surface area contributed by atoms with Gasteiger partial charge in [0, 0.05) is 31.1 Å². The Morgan fingerprint density at radius 2 is 1.71 bits per heavy atom. The number of sulfonamides is 1. The Kier molecular flexibility index (Phi) is 8.56. The van der Waals surface area contributed by atoms with Crippen LogP contribution in [0.1, 0.15) is 49.5 Å². The Labute approximate surface area is 211 Å². The molecular weight excluding hydrogens is 490 g/mol. The van der Waals surface area contributed by atoms with E-state index in [4.69, 9.17) is 11.6 Å². The lowest BCUT2D eigenvalue weighted by atomic mass is 10.1. The highest BCUT2D eigenvalue weighted by Gasteiger charge is 2.40. The summed E-state index contributed by atoms with van der Waals surface area (Å²) in [7, 11) is -3.93. The molecule has 0 aliphatic carbocycles. The number of nitrogens with zero attached hydrogens (tertiary/aromatic N) is 2. The van der Waals surface area contributed by atoms with Crippen LogP contribution < -0.4 is 5.32 Å². The highest BCUT2D eigenvalue weighted by atomic mass is 35.5. The van der Waals surface area contributed by atoms with Gasteiger partial charge in [-0.15, -0.1) is 0 Å². The normalized spacial score (nSPS) is 15.1. The molecule has 1 N–H and O–H groups in total. The first-order valence-electron chi connectivity index (χ1n) is 11.5. The van der Waals surface area contributed by atoms with E-state index in [0.29, 0.717) is 11.6 Å². The van der Waals surface area contributed by atoms with Crippen molar-refractivity contribution in [3.63, 3.8) is 0 Å². The van der Waals surface area contributed by atoms with Gasteiger partial charge < -0.3 is 10.2 Å². The second-order valence-electron chi connectivity index (χ2n) is 8.95. The van der Waals surface area contributed by atoms with E-state index in [0.717, 1.165) is 9.87 Å². The SMILES string of the molecule is CC(C)CNC(=O)[C@H](C)N(Cc1ccc(Cl)cc1)C(=O)CCCN1C(=O)c2ccccc2S1(=O)=O. The molecule has 0 unspecified atom stereocenters. The van der Waals surface area contributed by atoms with Gasteiger partial charge in [0.2, 0.25) is 11.8 Å². The molecule has 1 heterocycles. The predicted octanol–water partition coefficient (Wildman–Crippen LogP) is 3.45. The Morgan fingerprint density at radius 1 is 1.06 bits per heavy atom. The Morgan fingerprint density at radius 3 is 2.34 bits per heavy atom. The topological polar surface area (TPSA) is 104 Å². The number of rotatable bonds is 10. The summed E-state index contributed by atoms with van der Waals surface area (Å²) in [5, 5.41) is 3.42. The van der Waals surface area contributed by atoms with Gasteiger partial charge >= 0.3 is 0 Å². The molecule has 1 aliphatic rings. The summed E-state index contributed by atoms with van der Waals surface area (Å²) >= 11 is 5.97. The number of carbonyl (C=O) groups is 3. The van der Waals surface area contributed by atoms with Crippen molar-refractivity contribution in [1.29, 1.82) is 0 Å². The van der Waals surface area contributed by atoms with Crippen LogP contribution in [0.15, 0.2) is 53.4 Å². The van der Waals surface area contributed by atoms with Crippen molar-refractivity contribution in [2.45, 2.75) is 51.1 Å². The maximum Gasteiger partial charge on any atom is 0.269 e. The van der Waals surface area contributed by atoms with Crippen LogP contribution in [0.25, 0.3) is 0 Å². The molecule has 0 aromatic heterocycles. The van der Waals surface area contributed by atoms with Crippen molar-refractivity contribution in [2.75, 3.05) is 13.1 Å². The lowest BCUT2D eigenvalue weighted by Crippen LogP contribution is -2.48. The minimum absolute atomic E-state index is 0.0175. The Hall–Kier alpha value is -2.91. The molecule has 0 fully saturated rings. The summed E-state index contributed by atoms with van der Waals surface area (Å²) in [5.41, 5.74) is 0.942. The third-order valence-corrected chi connectivity index (χ3v) is 7.87. The van der Waals surface area contributed by atoms with E-state index in [1.807, 2.05) is 13.8 Å². The number of hydrogen-bond acceptors (Lipinski definition) is 5. The maximum atomic E-state index is 13.2. The molecule has 10 heteroatoms. The minimum Gasteiger partial charge on any atom is -0.354 e. The molecule has 1 aliphatic heterocycles. The molecule has 0 radical (unpaired) electrons. The van der Waals surface area contributed by atoms with E-state index in [1.54, 1.807) is 43.3 Å². The van der Waals surface area contributed by atoms with Crippen LogP contribution in [-0.4, -0.2) is 54.5 Å². The molecule has 3 amide bonds. The van der Waals surface area contributed by atoms with Gasteiger partial charge in [-0.05, 0) is 49.1 Å². The molecule has 0 saturated heterocycles. The van der Waals surface area contributed by atoms with Crippen LogP contribution in [-0.2, 0) is 26.2 Å². The average molecular weight is 520 g/mol. The standard InChI is InChI=1S/C25H30ClN3O5S/c1-17(2)15-27-24(31)18(3)28(16-19-10-12-20(26)13-11-19)23(30)9-6-14-29-25(32)21-7-4-5-8-22(21)35(29,33)34/h4-5,7-8,10-13,17-18H,6,9,14-16H2,1-3H3,(H,27,31)/t18-/m0/s1. The summed E-state index contributed by atoms with van der Waals surface area (Å²) in [4.78, 5) is 40.0. The highest BCUT2D eigenvalue weighted by Crippen LogP contribution is 2.30. The molecule has 0 bridgehead atoms. The van der Waals surface area contributed by atoms with E-state index in [9.17, 15) is 22.8 Å². The molecule has 35 heavy (non-hydrogen) atoms. The molecule has 8 nitrogen and oxygen atoms in total. The molecule has 1 atom stereocenters.